The van der Waals surface area contributed by atoms with E-state index in [-0.39, 0.29) is 0 Å². The molecule has 1 atom stereocenters. The van der Waals surface area contributed by atoms with Gasteiger partial charge in [0.2, 0.25) is 0 Å². The predicted octanol–water partition coefficient (Wildman–Crippen LogP) is 2.55. The zero-order valence-corrected chi connectivity index (χ0v) is 7.31. The van der Waals surface area contributed by atoms with Gasteiger partial charge in [-0.1, -0.05) is 6.42 Å². The minimum Gasteiger partial charge on any atom is -0.324 e. The van der Waals surface area contributed by atoms with Gasteiger partial charge < -0.3 is 5.73 Å². The first-order valence-electron chi connectivity index (χ1n) is 4.15. The first-order valence-corrected chi connectivity index (χ1v) is 5.10. The van der Waals surface area contributed by atoms with Crippen LogP contribution in [0.1, 0.15) is 30.9 Å². The Balaban J connectivity index is 2.04. The van der Waals surface area contributed by atoms with E-state index in [4.69, 9.17) is 5.73 Å². The quantitative estimate of drug-likeness (QED) is 0.719. The molecule has 1 fully saturated rings. The van der Waals surface area contributed by atoms with Crippen molar-refractivity contribution in [2.24, 2.45) is 11.7 Å². The fourth-order valence-corrected chi connectivity index (χ4v) is 2.24. The molecule has 1 aromatic rings. The van der Waals surface area contributed by atoms with Crippen LogP contribution in [-0.4, -0.2) is 0 Å². The van der Waals surface area contributed by atoms with Gasteiger partial charge in [0, 0.05) is 6.04 Å². The molecule has 0 spiro atoms. The van der Waals surface area contributed by atoms with Gasteiger partial charge in [0.25, 0.3) is 0 Å². The Kier molecular flexibility index (Phi) is 1.96. The summed E-state index contributed by atoms with van der Waals surface area (Å²) >= 11 is 1.74. The molecule has 0 bridgehead atoms. The maximum atomic E-state index is 6.05. The third-order valence-corrected chi connectivity index (χ3v) is 3.29. The van der Waals surface area contributed by atoms with Gasteiger partial charge in [0.15, 0.2) is 0 Å². The van der Waals surface area contributed by atoms with E-state index < -0.39 is 0 Å². The lowest BCUT2D eigenvalue weighted by Gasteiger charge is -2.30. The highest BCUT2D eigenvalue weighted by molar-refractivity contribution is 7.07. The van der Waals surface area contributed by atoms with E-state index >= 15 is 0 Å². The SMILES string of the molecule is N[C@H](c1ccsc1)C1CCC1. The molecule has 0 radical (unpaired) electrons. The average Bonchev–Trinajstić information content (AvgIpc) is 2.32. The average molecular weight is 167 g/mol. The molecule has 1 aliphatic rings. The molecule has 2 N–H and O–H groups in total. The Hall–Kier alpha value is -0.340. The van der Waals surface area contributed by atoms with Crippen LogP contribution in [0.3, 0.4) is 0 Å². The molecule has 2 heteroatoms. The van der Waals surface area contributed by atoms with E-state index in [0.29, 0.717) is 6.04 Å². The second-order valence-electron chi connectivity index (χ2n) is 3.27. The molecule has 0 amide bonds. The molecule has 1 nitrogen and oxygen atoms in total. The van der Waals surface area contributed by atoms with Crippen molar-refractivity contribution < 1.29 is 0 Å². The van der Waals surface area contributed by atoms with Crippen molar-refractivity contribution >= 4 is 11.3 Å². The molecule has 0 aliphatic heterocycles. The zero-order valence-electron chi connectivity index (χ0n) is 6.49. The summed E-state index contributed by atoms with van der Waals surface area (Å²) in [6.45, 7) is 0. The highest BCUT2D eigenvalue weighted by atomic mass is 32.1. The summed E-state index contributed by atoms with van der Waals surface area (Å²) in [5, 5.41) is 4.27. The van der Waals surface area contributed by atoms with Crippen LogP contribution in [0.4, 0.5) is 0 Å². The molecule has 60 valence electrons. The number of thiophene rings is 1. The lowest BCUT2D eigenvalue weighted by atomic mass is 9.78. The summed E-state index contributed by atoms with van der Waals surface area (Å²) in [6.07, 6.45) is 4.04. The third kappa shape index (κ3) is 1.33. The molecular formula is C9H13NS. The van der Waals surface area contributed by atoms with Crippen LogP contribution in [0.15, 0.2) is 16.8 Å². The van der Waals surface area contributed by atoms with Crippen LogP contribution in [0.2, 0.25) is 0 Å². The van der Waals surface area contributed by atoms with Crippen molar-refractivity contribution in [2.45, 2.75) is 25.3 Å². The van der Waals surface area contributed by atoms with Gasteiger partial charge in [-0.3, -0.25) is 0 Å². The molecular weight excluding hydrogens is 154 g/mol. The molecule has 1 saturated carbocycles. The fourth-order valence-electron chi connectivity index (χ4n) is 1.54. The van der Waals surface area contributed by atoms with E-state index in [1.807, 2.05) is 0 Å². The molecule has 1 aromatic heterocycles. The number of nitrogens with two attached hydrogens (primary N) is 1. The smallest absolute Gasteiger partial charge is 0.0331 e. The normalized spacial score (nSPS) is 21.2. The van der Waals surface area contributed by atoms with Crippen molar-refractivity contribution in [3.05, 3.63) is 22.4 Å². The Labute approximate surface area is 71.2 Å². The summed E-state index contributed by atoms with van der Waals surface area (Å²) in [6, 6.07) is 2.46. The first kappa shape index (κ1) is 7.32. The first-order chi connectivity index (χ1) is 5.38. The topological polar surface area (TPSA) is 26.0 Å². The van der Waals surface area contributed by atoms with E-state index in [1.54, 1.807) is 11.3 Å². The van der Waals surface area contributed by atoms with Gasteiger partial charge in [-0.15, -0.1) is 0 Å². The van der Waals surface area contributed by atoms with E-state index in [1.165, 1.54) is 24.8 Å². The van der Waals surface area contributed by atoms with Crippen molar-refractivity contribution in [3.8, 4) is 0 Å². The van der Waals surface area contributed by atoms with Gasteiger partial charge in [-0.25, -0.2) is 0 Å². The minimum atomic E-state index is 0.315. The van der Waals surface area contributed by atoms with Gasteiger partial charge in [-0.2, -0.15) is 11.3 Å². The Morgan fingerprint density at radius 1 is 1.55 bits per heavy atom. The van der Waals surface area contributed by atoms with Crippen LogP contribution in [-0.2, 0) is 0 Å². The summed E-state index contributed by atoms with van der Waals surface area (Å²) in [7, 11) is 0. The van der Waals surface area contributed by atoms with Gasteiger partial charge in [0.05, 0.1) is 0 Å². The van der Waals surface area contributed by atoms with Gasteiger partial charge in [-0.05, 0) is 41.1 Å². The Morgan fingerprint density at radius 3 is 2.82 bits per heavy atom. The molecule has 1 heterocycles. The van der Waals surface area contributed by atoms with Crippen molar-refractivity contribution in [1.29, 1.82) is 0 Å². The standard InChI is InChI=1S/C9H13NS/c10-9(7-2-1-3-7)8-4-5-11-6-8/h4-7,9H,1-3,10H2/t9-/m0/s1. The van der Waals surface area contributed by atoms with Gasteiger partial charge in [0.1, 0.15) is 0 Å². The van der Waals surface area contributed by atoms with E-state index in [0.717, 1.165) is 5.92 Å². The van der Waals surface area contributed by atoms with E-state index in [2.05, 4.69) is 16.8 Å². The van der Waals surface area contributed by atoms with Crippen LogP contribution >= 0.6 is 11.3 Å². The fraction of sp³-hybridized carbons (Fsp3) is 0.556. The summed E-state index contributed by atoms with van der Waals surface area (Å²) < 4.78 is 0. The maximum absolute atomic E-state index is 6.05. The van der Waals surface area contributed by atoms with E-state index in [9.17, 15) is 0 Å². The second kappa shape index (κ2) is 2.95. The molecule has 0 aromatic carbocycles. The lowest BCUT2D eigenvalue weighted by Crippen LogP contribution is -2.26. The molecule has 0 saturated heterocycles. The molecule has 2 rings (SSSR count). The van der Waals surface area contributed by atoms with Crippen LogP contribution in [0, 0.1) is 5.92 Å². The molecule has 1 aliphatic carbocycles. The van der Waals surface area contributed by atoms with Crippen molar-refractivity contribution in [3.63, 3.8) is 0 Å². The van der Waals surface area contributed by atoms with Gasteiger partial charge >= 0.3 is 0 Å². The highest BCUT2D eigenvalue weighted by Crippen LogP contribution is 2.36. The summed E-state index contributed by atoms with van der Waals surface area (Å²) in [5.74, 6) is 0.768. The zero-order chi connectivity index (χ0) is 7.68. The van der Waals surface area contributed by atoms with Crippen LogP contribution in [0.5, 0.6) is 0 Å². The van der Waals surface area contributed by atoms with Crippen LogP contribution < -0.4 is 5.73 Å². The lowest BCUT2D eigenvalue weighted by molar-refractivity contribution is 0.265. The highest BCUT2D eigenvalue weighted by Gasteiger charge is 2.25. The largest absolute Gasteiger partial charge is 0.324 e. The molecule has 0 unspecified atom stereocenters. The molecule has 11 heavy (non-hydrogen) atoms. The number of hydrogen-bond donors (Lipinski definition) is 1. The minimum absolute atomic E-state index is 0.315. The second-order valence-corrected chi connectivity index (χ2v) is 4.05. The summed E-state index contributed by atoms with van der Waals surface area (Å²) in [4.78, 5) is 0. The van der Waals surface area contributed by atoms with Crippen molar-refractivity contribution in [2.75, 3.05) is 0 Å². The van der Waals surface area contributed by atoms with Crippen LogP contribution in [0.25, 0.3) is 0 Å². The maximum Gasteiger partial charge on any atom is 0.0331 e. The monoisotopic (exact) mass is 167 g/mol. The number of rotatable bonds is 2. The summed E-state index contributed by atoms with van der Waals surface area (Å²) in [5.41, 5.74) is 7.38. The number of hydrogen-bond acceptors (Lipinski definition) is 2. The Morgan fingerprint density at radius 2 is 2.36 bits per heavy atom. The van der Waals surface area contributed by atoms with Crippen molar-refractivity contribution in [1.82, 2.24) is 0 Å². The third-order valence-electron chi connectivity index (χ3n) is 2.59. The Bertz CT molecular complexity index is 213. The predicted molar refractivity (Wildman–Crippen MR) is 48.6 cm³/mol.